The molecule has 0 atom stereocenters. The Morgan fingerprint density at radius 3 is 2.74 bits per heavy atom. The van der Waals surface area contributed by atoms with Crippen LogP contribution in [0.5, 0.6) is 0 Å². The highest BCUT2D eigenvalue weighted by atomic mass is 32.2. The Morgan fingerprint density at radius 2 is 2.16 bits per heavy atom. The summed E-state index contributed by atoms with van der Waals surface area (Å²) in [7, 11) is -3.54. The molecule has 0 spiro atoms. The maximum absolute atomic E-state index is 11.9. The number of aromatic nitrogens is 2. The smallest absolute Gasteiger partial charge is 0.448 e. The van der Waals surface area contributed by atoms with Gasteiger partial charge in [-0.3, -0.25) is 0 Å². The molecule has 2 rings (SSSR count). The highest BCUT2D eigenvalue weighted by Gasteiger charge is 2.28. The SMILES string of the molecule is CC(C)S(=O)(=O)c1ncc2c(n1)CN(OC(=O)O)C2. The predicted molar refractivity (Wildman–Crippen MR) is 62.7 cm³/mol. The van der Waals surface area contributed by atoms with E-state index in [1.54, 1.807) is 13.8 Å². The summed E-state index contributed by atoms with van der Waals surface area (Å²) in [6.45, 7) is 3.42. The van der Waals surface area contributed by atoms with Crippen LogP contribution >= 0.6 is 0 Å². The third-order valence-corrected chi connectivity index (χ3v) is 4.63. The lowest BCUT2D eigenvalue weighted by molar-refractivity contribution is -0.125. The molecule has 1 aliphatic heterocycles. The fraction of sp³-hybridized carbons (Fsp3) is 0.500. The number of hydrogen-bond donors (Lipinski definition) is 1. The van der Waals surface area contributed by atoms with Gasteiger partial charge in [0.1, 0.15) is 0 Å². The second-order valence-corrected chi connectivity index (χ2v) is 6.77. The van der Waals surface area contributed by atoms with Crippen molar-refractivity contribution in [1.29, 1.82) is 0 Å². The predicted octanol–water partition coefficient (Wildman–Crippen LogP) is 0.584. The molecule has 0 aliphatic carbocycles. The Kier molecular flexibility index (Phi) is 3.42. The zero-order valence-electron chi connectivity index (χ0n) is 10.4. The van der Waals surface area contributed by atoms with E-state index in [2.05, 4.69) is 14.8 Å². The third kappa shape index (κ3) is 2.66. The van der Waals surface area contributed by atoms with Gasteiger partial charge in [-0.15, -0.1) is 5.06 Å². The first-order valence-corrected chi connectivity index (χ1v) is 7.10. The minimum atomic E-state index is -3.54. The molecule has 2 heterocycles. The highest BCUT2D eigenvalue weighted by molar-refractivity contribution is 7.91. The fourth-order valence-corrected chi connectivity index (χ4v) is 2.49. The molecule has 9 heteroatoms. The van der Waals surface area contributed by atoms with Gasteiger partial charge >= 0.3 is 6.16 Å². The van der Waals surface area contributed by atoms with Crippen molar-refractivity contribution in [3.63, 3.8) is 0 Å². The van der Waals surface area contributed by atoms with Gasteiger partial charge in [-0.1, -0.05) is 0 Å². The van der Waals surface area contributed by atoms with E-state index in [-0.39, 0.29) is 18.2 Å². The van der Waals surface area contributed by atoms with Gasteiger partial charge in [0.05, 0.1) is 24.0 Å². The molecule has 1 aromatic heterocycles. The fourth-order valence-electron chi connectivity index (χ4n) is 1.63. The zero-order valence-corrected chi connectivity index (χ0v) is 11.2. The van der Waals surface area contributed by atoms with Crippen LogP contribution in [0.2, 0.25) is 0 Å². The van der Waals surface area contributed by atoms with Crippen LogP contribution in [-0.4, -0.2) is 40.0 Å². The summed E-state index contributed by atoms with van der Waals surface area (Å²) < 4.78 is 23.9. The lowest BCUT2D eigenvalue weighted by Gasteiger charge is -2.09. The number of sulfone groups is 1. The van der Waals surface area contributed by atoms with E-state index in [0.29, 0.717) is 11.3 Å². The van der Waals surface area contributed by atoms with E-state index in [1.165, 1.54) is 11.3 Å². The Balaban J connectivity index is 2.27. The second kappa shape index (κ2) is 4.74. The number of hydroxylamine groups is 2. The number of carboxylic acid groups (broad SMARTS) is 1. The molecule has 0 fully saturated rings. The first-order valence-electron chi connectivity index (χ1n) is 5.55. The van der Waals surface area contributed by atoms with Crippen molar-refractivity contribution in [2.24, 2.45) is 0 Å². The van der Waals surface area contributed by atoms with Crippen LogP contribution in [0.3, 0.4) is 0 Å². The van der Waals surface area contributed by atoms with E-state index in [1.807, 2.05) is 0 Å². The van der Waals surface area contributed by atoms with Gasteiger partial charge in [0, 0.05) is 11.8 Å². The Morgan fingerprint density at radius 1 is 1.47 bits per heavy atom. The minimum Gasteiger partial charge on any atom is -0.448 e. The summed E-state index contributed by atoms with van der Waals surface area (Å²) >= 11 is 0. The summed E-state index contributed by atoms with van der Waals surface area (Å²) in [6, 6.07) is 0. The third-order valence-electron chi connectivity index (χ3n) is 2.69. The summed E-state index contributed by atoms with van der Waals surface area (Å²) in [4.78, 5) is 22.7. The maximum atomic E-state index is 11.9. The van der Waals surface area contributed by atoms with Gasteiger partial charge in [0.15, 0.2) is 0 Å². The van der Waals surface area contributed by atoms with Gasteiger partial charge in [-0.2, -0.15) is 0 Å². The van der Waals surface area contributed by atoms with Crippen LogP contribution in [0.4, 0.5) is 4.79 Å². The van der Waals surface area contributed by atoms with E-state index in [0.717, 1.165) is 0 Å². The quantitative estimate of drug-likeness (QED) is 0.804. The van der Waals surface area contributed by atoms with Crippen molar-refractivity contribution >= 4 is 16.0 Å². The van der Waals surface area contributed by atoms with E-state index in [9.17, 15) is 13.2 Å². The van der Waals surface area contributed by atoms with Crippen molar-refractivity contribution in [2.45, 2.75) is 37.3 Å². The number of nitrogens with zero attached hydrogens (tertiary/aromatic N) is 3. The topological polar surface area (TPSA) is 110 Å². The molecule has 1 aromatic rings. The maximum Gasteiger partial charge on any atom is 0.525 e. The van der Waals surface area contributed by atoms with Crippen LogP contribution in [0.15, 0.2) is 11.4 Å². The minimum absolute atomic E-state index is 0.116. The number of rotatable bonds is 3. The molecule has 0 aromatic carbocycles. The monoisotopic (exact) mass is 287 g/mol. The summed E-state index contributed by atoms with van der Waals surface area (Å²) in [5.74, 6) is 0. The first-order chi connectivity index (χ1) is 8.80. The highest BCUT2D eigenvalue weighted by Crippen LogP contribution is 2.22. The molecule has 1 N–H and O–H groups in total. The van der Waals surface area contributed by atoms with Crippen LogP contribution in [0, 0.1) is 0 Å². The lowest BCUT2D eigenvalue weighted by atomic mass is 10.3. The largest absolute Gasteiger partial charge is 0.525 e. The standard InChI is InChI=1S/C10H13N3O5S/c1-6(2)19(16,17)9-11-3-7-4-13(18-10(14)15)5-8(7)12-9/h3,6H,4-5H2,1-2H3,(H,14,15). The molecular formula is C10H13N3O5S. The molecule has 8 nitrogen and oxygen atoms in total. The van der Waals surface area contributed by atoms with Crippen molar-refractivity contribution in [3.8, 4) is 0 Å². The lowest BCUT2D eigenvalue weighted by Crippen LogP contribution is -2.20. The normalized spacial score (nSPS) is 15.5. The van der Waals surface area contributed by atoms with Crippen LogP contribution in [0.25, 0.3) is 0 Å². The van der Waals surface area contributed by atoms with Gasteiger partial charge in [0.2, 0.25) is 15.0 Å². The van der Waals surface area contributed by atoms with Crippen molar-refractivity contribution in [1.82, 2.24) is 15.0 Å². The molecule has 104 valence electrons. The molecule has 19 heavy (non-hydrogen) atoms. The summed E-state index contributed by atoms with van der Waals surface area (Å²) in [5.41, 5.74) is 1.12. The molecule has 0 saturated carbocycles. The number of carbonyl (C=O) groups is 1. The van der Waals surface area contributed by atoms with Crippen LogP contribution in [0.1, 0.15) is 25.1 Å². The molecule has 0 radical (unpaired) electrons. The van der Waals surface area contributed by atoms with Crippen molar-refractivity contribution in [3.05, 3.63) is 17.5 Å². The van der Waals surface area contributed by atoms with Gasteiger partial charge in [0.25, 0.3) is 0 Å². The van der Waals surface area contributed by atoms with Gasteiger partial charge in [-0.05, 0) is 13.8 Å². The number of fused-ring (bicyclic) bond motifs is 1. The van der Waals surface area contributed by atoms with E-state index >= 15 is 0 Å². The molecule has 0 unspecified atom stereocenters. The number of hydrogen-bond acceptors (Lipinski definition) is 7. The Labute approximate surface area is 109 Å². The Hall–Kier alpha value is -1.74. The summed E-state index contributed by atoms with van der Waals surface area (Å²) in [6.07, 6.45) is -0.0289. The summed E-state index contributed by atoms with van der Waals surface area (Å²) in [5, 5.41) is 8.84. The van der Waals surface area contributed by atoms with Crippen molar-refractivity contribution in [2.75, 3.05) is 0 Å². The first kappa shape index (κ1) is 13.7. The molecule has 0 amide bonds. The van der Waals surface area contributed by atoms with E-state index < -0.39 is 21.2 Å². The van der Waals surface area contributed by atoms with E-state index in [4.69, 9.17) is 5.11 Å². The Bertz CT molecular complexity index is 614. The molecule has 0 saturated heterocycles. The van der Waals surface area contributed by atoms with Crippen LogP contribution < -0.4 is 0 Å². The van der Waals surface area contributed by atoms with Crippen molar-refractivity contribution < 1.29 is 23.2 Å². The second-order valence-electron chi connectivity index (χ2n) is 4.37. The van der Waals surface area contributed by atoms with Gasteiger partial charge < -0.3 is 9.94 Å². The average molecular weight is 287 g/mol. The zero-order chi connectivity index (χ0) is 14.2. The molecule has 0 bridgehead atoms. The molecular weight excluding hydrogens is 274 g/mol. The van der Waals surface area contributed by atoms with Crippen LogP contribution in [-0.2, 0) is 27.8 Å². The van der Waals surface area contributed by atoms with Gasteiger partial charge in [-0.25, -0.2) is 23.2 Å². The average Bonchev–Trinajstić information content (AvgIpc) is 2.68. The molecule has 1 aliphatic rings.